The van der Waals surface area contributed by atoms with Crippen molar-refractivity contribution in [2.45, 2.75) is 6.42 Å². The van der Waals surface area contributed by atoms with Crippen molar-refractivity contribution in [3.05, 3.63) is 35.4 Å². The summed E-state index contributed by atoms with van der Waals surface area (Å²) in [6, 6.07) is 7.32. The smallest absolute Gasteiger partial charge is 0.407 e. The number of hydrogen-bond acceptors (Lipinski definition) is 3. The normalized spacial score (nSPS) is 14.8. The fraction of sp³-hybridized carbons (Fsp3) is 0.231. The van der Waals surface area contributed by atoms with Gasteiger partial charge in [0.15, 0.2) is 0 Å². The molecule has 0 fully saturated rings. The van der Waals surface area contributed by atoms with E-state index in [1.807, 2.05) is 18.2 Å². The highest BCUT2D eigenvalue weighted by atomic mass is 16.4. The number of nitrogen functional groups attached to an aromatic ring is 1. The summed E-state index contributed by atoms with van der Waals surface area (Å²) < 4.78 is 0. The van der Waals surface area contributed by atoms with E-state index in [9.17, 15) is 4.79 Å². The lowest BCUT2D eigenvalue weighted by Crippen LogP contribution is -2.33. The molecule has 5 nitrogen and oxygen atoms in total. The van der Waals surface area contributed by atoms with E-state index in [2.05, 4.69) is 0 Å². The van der Waals surface area contributed by atoms with Crippen LogP contribution in [0.15, 0.2) is 24.3 Å². The van der Waals surface area contributed by atoms with Gasteiger partial charge in [-0.3, -0.25) is 0 Å². The zero-order chi connectivity index (χ0) is 13.1. The highest BCUT2D eigenvalue weighted by Crippen LogP contribution is 2.25. The molecule has 18 heavy (non-hydrogen) atoms. The van der Waals surface area contributed by atoms with Crippen LogP contribution < -0.4 is 5.73 Å². The average Bonchev–Trinajstić information content (AvgIpc) is 2.38. The minimum absolute atomic E-state index is 0.393. The fourth-order valence-electron chi connectivity index (χ4n) is 1.97. The summed E-state index contributed by atoms with van der Waals surface area (Å²) in [7, 11) is 0. The predicted octanol–water partition coefficient (Wildman–Crippen LogP) is 1.91. The number of hydrogen-bond donors (Lipinski definition) is 2. The van der Waals surface area contributed by atoms with Crippen LogP contribution in [0.1, 0.15) is 17.5 Å². The monoisotopic (exact) mass is 243 g/mol. The maximum absolute atomic E-state index is 10.8. The molecule has 92 valence electrons. The molecule has 0 spiro atoms. The van der Waals surface area contributed by atoms with Crippen molar-refractivity contribution >= 4 is 17.4 Å². The van der Waals surface area contributed by atoms with Crippen LogP contribution in [0.3, 0.4) is 0 Å². The average molecular weight is 243 g/mol. The van der Waals surface area contributed by atoms with Gasteiger partial charge in [0, 0.05) is 13.1 Å². The van der Waals surface area contributed by atoms with Crippen LogP contribution in [0, 0.1) is 11.3 Å². The van der Waals surface area contributed by atoms with Crippen molar-refractivity contribution in [3.8, 4) is 6.07 Å². The van der Waals surface area contributed by atoms with Crippen LogP contribution in [0.2, 0.25) is 0 Å². The van der Waals surface area contributed by atoms with Crippen molar-refractivity contribution in [1.82, 2.24) is 4.90 Å². The van der Waals surface area contributed by atoms with Crippen LogP contribution in [0.5, 0.6) is 0 Å². The molecular weight excluding hydrogens is 230 g/mol. The number of nitriles is 1. The first-order chi connectivity index (χ1) is 8.61. The highest BCUT2D eigenvalue weighted by Gasteiger charge is 2.16. The maximum atomic E-state index is 10.8. The SMILES string of the molecule is N#Cc1ccc(C2=CCN(C(=O)O)CC2)cc1N. The Morgan fingerprint density at radius 1 is 1.50 bits per heavy atom. The number of benzene rings is 1. The molecule has 1 aliphatic rings. The first-order valence-electron chi connectivity index (χ1n) is 5.58. The second-order valence-corrected chi connectivity index (χ2v) is 4.12. The lowest BCUT2D eigenvalue weighted by molar-refractivity contribution is 0.150. The highest BCUT2D eigenvalue weighted by molar-refractivity contribution is 5.73. The molecule has 0 aromatic heterocycles. The van der Waals surface area contributed by atoms with E-state index >= 15 is 0 Å². The molecule has 1 amide bonds. The van der Waals surface area contributed by atoms with E-state index in [1.54, 1.807) is 12.1 Å². The summed E-state index contributed by atoms with van der Waals surface area (Å²) >= 11 is 0. The minimum Gasteiger partial charge on any atom is -0.465 e. The molecule has 0 saturated heterocycles. The minimum atomic E-state index is -0.898. The quantitative estimate of drug-likeness (QED) is 0.737. The Balaban J connectivity index is 2.21. The number of anilines is 1. The van der Waals surface area contributed by atoms with E-state index < -0.39 is 6.09 Å². The third kappa shape index (κ3) is 2.28. The van der Waals surface area contributed by atoms with Gasteiger partial charge >= 0.3 is 6.09 Å². The van der Waals surface area contributed by atoms with Crippen molar-refractivity contribution < 1.29 is 9.90 Å². The zero-order valence-electron chi connectivity index (χ0n) is 9.76. The first-order valence-corrected chi connectivity index (χ1v) is 5.58. The van der Waals surface area contributed by atoms with Crippen LogP contribution in [0.4, 0.5) is 10.5 Å². The molecule has 1 aromatic carbocycles. The number of amides is 1. The van der Waals surface area contributed by atoms with Crippen LogP contribution in [-0.4, -0.2) is 29.2 Å². The molecule has 0 aliphatic carbocycles. The molecule has 2 rings (SSSR count). The molecule has 0 unspecified atom stereocenters. The van der Waals surface area contributed by atoms with Gasteiger partial charge in [0.1, 0.15) is 6.07 Å². The Labute approximate surface area is 105 Å². The van der Waals surface area contributed by atoms with Gasteiger partial charge in [0.25, 0.3) is 0 Å². The van der Waals surface area contributed by atoms with E-state index in [0.29, 0.717) is 30.8 Å². The summed E-state index contributed by atoms with van der Waals surface area (Å²) in [5.74, 6) is 0. The summed E-state index contributed by atoms with van der Waals surface area (Å²) in [6.07, 6.45) is 1.65. The molecule has 5 heteroatoms. The topological polar surface area (TPSA) is 90.3 Å². The van der Waals surface area contributed by atoms with Gasteiger partial charge in [-0.2, -0.15) is 5.26 Å². The molecular formula is C13H13N3O2. The molecule has 0 saturated carbocycles. The molecule has 0 bridgehead atoms. The predicted molar refractivity (Wildman–Crippen MR) is 67.8 cm³/mol. The standard InChI is InChI=1S/C13H13N3O2/c14-8-11-2-1-10(7-12(11)15)9-3-5-16(6-4-9)13(17)18/h1-3,7H,4-6,15H2,(H,17,18). The number of carbonyl (C=O) groups is 1. The molecule has 0 atom stereocenters. The van der Waals surface area contributed by atoms with Gasteiger partial charge in [0.05, 0.1) is 11.3 Å². The molecule has 1 heterocycles. The zero-order valence-corrected chi connectivity index (χ0v) is 9.76. The molecule has 1 aromatic rings. The van der Waals surface area contributed by atoms with Crippen LogP contribution in [-0.2, 0) is 0 Å². The van der Waals surface area contributed by atoms with E-state index in [1.165, 1.54) is 4.90 Å². The Hall–Kier alpha value is -2.48. The molecule has 3 N–H and O–H groups in total. The van der Waals surface area contributed by atoms with E-state index in [4.69, 9.17) is 16.1 Å². The third-order valence-electron chi connectivity index (χ3n) is 3.02. The lowest BCUT2D eigenvalue weighted by atomic mass is 9.98. The summed E-state index contributed by atoms with van der Waals surface area (Å²) in [6.45, 7) is 0.881. The number of carboxylic acid groups (broad SMARTS) is 1. The Morgan fingerprint density at radius 2 is 2.28 bits per heavy atom. The van der Waals surface area contributed by atoms with Crippen LogP contribution in [0.25, 0.3) is 5.57 Å². The fourth-order valence-corrected chi connectivity index (χ4v) is 1.97. The largest absolute Gasteiger partial charge is 0.465 e. The first kappa shape index (κ1) is 12.0. The van der Waals surface area contributed by atoms with Gasteiger partial charge in [-0.15, -0.1) is 0 Å². The second kappa shape index (κ2) is 4.80. The summed E-state index contributed by atoms with van der Waals surface area (Å²) in [5, 5.41) is 17.6. The van der Waals surface area contributed by atoms with Gasteiger partial charge in [-0.05, 0) is 29.7 Å². The Kier molecular flexibility index (Phi) is 3.20. The summed E-state index contributed by atoms with van der Waals surface area (Å²) in [5.41, 5.74) is 8.70. The van der Waals surface area contributed by atoms with Gasteiger partial charge < -0.3 is 15.7 Å². The summed E-state index contributed by atoms with van der Waals surface area (Å²) in [4.78, 5) is 12.1. The Morgan fingerprint density at radius 3 is 2.78 bits per heavy atom. The van der Waals surface area contributed by atoms with Gasteiger partial charge in [-0.1, -0.05) is 12.1 Å². The van der Waals surface area contributed by atoms with Crippen molar-refractivity contribution in [2.24, 2.45) is 0 Å². The van der Waals surface area contributed by atoms with Gasteiger partial charge in [-0.25, -0.2) is 4.79 Å². The van der Waals surface area contributed by atoms with Crippen molar-refractivity contribution in [1.29, 1.82) is 5.26 Å². The third-order valence-corrected chi connectivity index (χ3v) is 3.02. The maximum Gasteiger partial charge on any atom is 0.407 e. The number of nitrogens with two attached hydrogens (primary N) is 1. The number of rotatable bonds is 1. The van der Waals surface area contributed by atoms with E-state index in [0.717, 1.165) is 11.1 Å². The molecule has 0 radical (unpaired) electrons. The Bertz CT molecular complexity index is 558. The molecule has 1 aliphatic heterocycles. The van der Waals surface area contributed by atoms with Crippen LogP contribution >= 0.6 is 0 Å². The lowest BCUT2D eigenvalue weighted by Gasteiger charge is -2.24. The van der Waals surface area contributed by atoms with Gasteiger partial charge in [0.2, 0.25) is 0 Å². The van der Waals surface area contributed by atoms with E-state index in [-0.39, 0.29) is 0 Å². The van der Waals surface area contributed by atoms with Crippen molar-refractivity contribution in [3.63, 3.8) is 0 Å². The second-order valence-electron chi connectivity index (χ2n) is 4.12. The number of nitrogens with zero attached hydrogens (tertiary/aromatic N) is 2. The van der Waals surface area contributed by atoms with Crippen molar-refractivity contribution in [2.75, 3.05) is 18.8 Å².